The smallest absolute Gasteiger partial charge is 0.410 e. The standard InChI is InChI=1S/C101H136N18O20/c1-61-16-12-11-13-17-62(2)81(130-8)51-76-23-19-67(7)101(129,139-76)91(124)96(126)118-29-15-14-18-78(118)97(127)137-82(52-79(120)63(3)45-66(6)89(123)90(132-10)88(122)65(5)44-61)64(4)46-68-21-24-80(83(48-68)131-9)138-100(128)117-31-26-77-75(59-117)56-108-99(111-77)115-34-32-114(33-35-115)98-106-54-74(55-107-98)95(125)104-28-37-134-39-41-136-43-42-135-40-38-133-36-27-85(121)116-30-25-70-47-69(20-22-71(70)58-116)57-119-94-86(92(103)109-60-110-94)87(113-119)73-49-72-50-84(102)112-93(72)105-53-73/h11-13,16-17,20,22,45,47,49-50,53-56,60-61,63-65,67-68,76,78,80-83,89-90,123,129H,14-15,18-19,21,23-44,46,48,51-52,57-59,102H2,1-10H3,(H,104,125)(H,105,112)(H2,103,109,110)/b13-11+,16-12+,62-17+,66-45+/t61-,63-,64-,65-,67-,68+,76+,78+,80-,81+,82+,83-,89-,90+,101-/m1/s1. The number of ketones is 3. The molecule has 2 bridgehead atoms. The van der Waals surface area contributed by atoms with Crippen LogP contribution < -0.4 is 26.6 Å². The van der Waals surface area contributed by atoms with Gasteiger partial charge < -0.3 is 104 Å². The fourth-order valence-electron chi connectivity index (χ4n) is 19.8. The molecule has 0 radical (unpaired) electrons. The summed E-state index contributed by atoms with van der Waals surface area (Å²) in [5, 5.41) is 33.2. The van der Waals surface area contributed by atoms with Crippen LogP contribution in [0.2, 0.25) is 0 Å². The Morgan fingerprint density at radius 1 is 0.698 bits per heavy atom. The van der Waals surface area contributed by atoms with Gasteiger partial charge in [-0.1, -0.05) is 89.3 Å². The van der Waals surface area contributed by atoms with Crippen molar-refractivity contribution in [1.29, 1.82) is 0 Å². The number of rotatable bonds is 28. The van der Waals surface area contributed by atoms with Gasteiger partial charge in [0, 0.05) is 159 Å². The highest BCUT2D eigenvalue weighted by molar-refractivity contribution is 6.39. The molecule has 38 nitrogen and oxygen atoms in total. The Balaban J connectivity index is 0.477. The number of Topliss-reactive ketones (excluding diaryl/α,β-unsaturated/α-hetero) is 3. The van der Waals surface area contributed by atoms with E-state index in [9.17, 15) is 48.6 Å². The number of ether oxygens (including phenoxy) is 10. The number of nitrogen functional groups attached to an aromatic ring is 2. The van der Waals surface area contributed by atoms with E-state index in [1.54, 1.807) is 65.3 Å². The number of aromatic amines is 1. The molecule has 4 fully saturated rings. The molecule has 4 amide bonds. The topological polar surface area (TPSA) is 473 Å². The molecule has 139 heavy (non-hydrogen) atoms. The van der Waals surface area contributed by atoms with Crippen LogP contribution in [0.5, 0.6) is 0 Å². The molecule has 1 aromatic carbocycles. The van der Waals surface area contributed by atoms with Crippen LogP contribution in [0.3, 0.4) is 0 Å². The zero-order chi connectivity index (χ0) is 98.6. The minimum absolute atomic E-state index is 0.0253. The number of hydrogen-bond donors (Lipinski definition) is 6. The van der Waals surface area contributed by atoms with Gasteiger partial charge in [-0.25, -0.2) is 49.2 Å². The third-order valence-electron chi connectivity index (χ3n) is 28.0. The van der Waals surface area contributed by atoms with E-state index in [-0.39, 0.29) is 93.7 Å². The second-order valence-corrected chi connectivity index (χ2v) is 38.0. The molecule has 12 heterocycles. The Bertz CT molecular complexity index is 5570. The van der Waals surface area contributed by atoms with Gasteiger partial charge in [-0.15, -0.1) is 0 Å². The Hall–Kier alpha value is -11.5. The highest BCUT2D eigenvalue weighted by atomic mass is 16.6. The molecular weight excluding hydrogens is 1790 g/mol. The van der Waals surface area contributed by atoms with E-state index in [1.807, 2.05) is 77.8 Å². The number of H-pyrrole nitrogens is 1. The number of cyclic esters (lactones) is 1. The van der Waals surface area contributed by atoms with E-state index in [2.05, 4.69) is 58.3 Å². The second-order valence-electron chi connectivity index (χ2n) is 38.0. The van der Waals surface area contributed by atoms with Crippen LogP contribution >= 0.6 is 0 Å². The van der Waals surface area contributed by atoms with E-state index in [0.29, 0.717) is 213 Å². The van der Waals surface area contributed by atoms with Gasteiger partial charge in [0.15, 0.2) is 11.4 Å². The van der Waals surface area contributed by atoms with E-state index in [0.717, 1.165) is 45.3 Å². The van der Waals surface area contributed by atoms with E-state index >= 15 is 0 Å². The van der Waals surface area contributed by atoms with Crippen molar-refractivity contribution in [1.82, 2.24) is 69.7 Å². The van der Waals surface area contributed by atoms with Gasteiger partial charge in [-0.3, -0.25) is 28.8 Å². The summed E-state index contributed by atoms with van der Waals surface area (Å²) in [7, 11) is 4.52. The third kappa shape index (κ3) is 26.2. The molecular formula is C101H136N18O20. The first kappa shape index (κ1) is 103. The Morgan fingerprint density at radius 2 is 1.42 bits per heavy atom. The molecule has 0 spiro atoms. The lowest BCUT2D eigenvalue weighted by atomic mass is 9.78. The van der Waals surface area contributed by atoms with Crippen molar-refractivity contribution in [3.8, 4) is 11.3 Å². The summed E-state index contributed by atoms with van der Waals surface area (Å²) in [6.07, 6.45) is 18.8. The van der Waals surface area contributed by atoms with Crippen LogP contribution in [0.25, 0.3) is 33.3 Å². The minimum Gasteiger partial charge on any atom is -0.460 e. The van der Waals surface area contributed by atoms with Crippen molar-refractivity contribution in [2.24, 2.45) is 35.5 Å². The van der Waals surface area contributed by atoms with Crippen LogP contribution in [0, 0.1) is 35.5 Å². The number of carbonyl (C=O) groups excluding carboxylic acids is 8. The first-order chi connectivity index (χ1) is 67.0. The first-order valence-electron chi connectivity index (χ1n) is 48.9. The highest BCUT2D eigenvalue weighted by Crippen LogP contribution is 2.41. The van der Waals surface area contributed by atoms with Gasteiger partial charge in [-0.2, -0.15) is 5.10 Å². The number of carbonyl (C=O) groups is 8. The number of piperazine rings is 1. The number of piperidine rings is 1. The predicted octanol–water partition coefficient (Wildman–Crippen LogP) is 8.96. The maximum atomic E-state index is 14.9. The average molecular weight is 1920 g/mol. The number of esters is 1. The molecule has 6 aliphatic heterocycles. The first-order valence-corrected chi connectivity index (χ1v) is 48.9. The van der Waals surface area contributed by atoms with E-state index in [4.69, 9.17) is 73.9 Å². The van der Waals surface area contributed by atoms with Crippen LogP contribution in [0.4, 0.5) is 28.3 Å². The lowest BCUT2D eigenvalue weighted by Crippen LogP contribution is -2.61. The molecule has 7 aliphatic rings. The van der Waals surface area contributed by atoms with Gasteiger partial charge in [0.05, 0.1) is 107 Å². The molecule has 15 atom stereocenters. The van der Waals surface area contributed by atoms with Crippen molar-refractivity contribution < 1.29 is 95.9 Å². The molecule has 6 aromatic heterocycles. The molecule has 38 heteroatoms. The number of aromatic nitrogens is 10. The molecule has 8 N–H and O–H groups in total. The van der Waals surface area contributed by atoms with Crippen molar-refractivity contribution >= 4 is 92.7 Å². The van der Waals surface area contributed by atoms with Crippen LogP contribution in [0.1, 0.15) is 170 Å². The molecule has 7 aromatic rings. The summed E-state index contributed by atoms with van der Waals surface area (Å²) < 4.78 is 61.2. The lowest BCUT2D eigenvalue weighted by molar-refractivity contribution is -0.265. The van der Waals surface area contributed by atoms with Gasteiger partial charge in [-0.05, 0) is 142 Å². The van der Waals surface area contributed by atoms with Crippen molar-refractivity contribution in [3.63, 3.8) is 0 Å². The molecule has 3 saturated heterocycles. The fraction of sp³-hybridized carbons (Fsp3) is 0.584. The molecule has 1 saturated carbocycles. The van der Waals surface area contributed by atoms with Gasteiger partial charge in [0.25, 0.3) is 17.6 Å². The summed E-state index contributed by atoms with van der Waals surface area (Å²) in [6, 6.07) is 8.87. The number of nitrogens with one attached hydrogen (secondary N) is 2. The Labute approximate surface area is 810 Å². The number of allylic oxidation sites excluding steroid dienone is 6. The Kier molecular flexibility index (Phi) is 36.2. The summed E-state index contributed by atoms with van der Waals surface area (Å²) in [5.74, 6) is -7.13. The number of benzene rings is 1. The fourth-order valence-corrected chi connectivity index (χ4v) is 19.8. The normalized spacial score (nSPS) is 26.8. The second kappa shape index (κ2) is 48.6. The maximum absolute atomic E-state index is 14.9. The summed E-state index contributed by atoms with van der Waals surface area (Å²) >= 11 is 0. The number of nitrogens with zero attached hydrogens (tertiary/aromatic N) is 14. The number of fused-ring (bicyclic) bond motifs is 7. The number of amides is 4. The van der Waals surface area contributed by atoms with Crippen LogP contribution in [0.15, 0.2) is 109 Å². The zero-order valence-electron chi connectivity index (χ0n) is 81.5. The van der Waals surface area contributed by atoms with E-state index < -0.39 is 102 Å². The van der Waals surface area contributed by atoms with Gasteiger partial charge in [0.2, 0.25) is 23.6 Å². The third-order valence-corrected chi connectivity index (χ3v) is 28.0. The highest BCUT2D eigenvalue weighted by Gasteiger charge is 2.54. The number of aliphatic hydroxyl groups excluding tert-OH is 1. The van der Waals surface area contributed by atoms with Crippen molar-refractivity contribution in [3.05, 3.63) is 143 Å². The monoisotopic (exact) mass is 1920 g/mol. The van der Waals surface area contributed by atoms with Crippen molar-refractivity contribution in [2.75, 3.05) is 148 Å². The molecule has 1 aliphatic carbocycles. The molecule has 0 unspecified atom stereocenters. The number of aliphatic hydroxyl groups is 2. The Morgan fingerprint density at radius 3 is 2.16 bits per heavy atom. The maximum Gasteiger partial charge on any atom is 0.410 e. The summed E-state index contributed by atoms with van der Waals surface area (Å²) in [4.78, 5) is 157. The molecule has 750 valence electrons. The van der Waals surface area contributed by atoms with E-state index in [1.165, 1.54) is 36.3 Å². The number of anilines is 4. The SMILES string of the molecule is CO[C@H]1C[C@@H]2CC[C@@H](C)[C@@](O)(O2)C(=O)C(=O)N2CCCC[C@H]2C(=O)O[C@H]([C@H](C)C[C@@H]2CC[C@@H](OC(=O)N3CCc4nc(N5CCN(c6ncc(C(=O)NCCOCCOCCOCCOCCC(=O)N7CCc8cc(Cn9nc(-c%10cnc%11[nH]c(N)cc%11c%10)c%10c(N)ncnc%109)ccc8C7)cn6)CC5)ncc4C3)[C@H](OC)C2)CC(=O)[C@H](C)/C=C(\C)[C@@H](O)[C@@H](OC)C(=O)[C@H](C)C[C@H](C)/C=C/C=C/C=C/1C. The summed E-state index contributed by atoms with van der Waals surface area (Å²) in [5.41, 5.74) is 21.6. The summed E-state index contributed by atoms with van der Waals surface area (Å²) in [6.45, 7) is 20.1. The molecule has 14 rings (SSSR count). The predicted molar refractivity (Wildman–Crippen MR) is 516 cm³/mol. The van der Waals surface area contributed by atoms with Crippen molar-refractivity contribution in [2.45, 2.75) is 219 Å². The average Bonchev–Trinajstić information content (AvgIpc) is 1.74. The number of hydrogen-bond acceptors (Lipinski definition) is 32. The van der Waals surface area contributed by atoms with Crippen LogP contribution in [-0.2, 0) is 109 Å². The quantitative estimate of drug-likeness (QED) is 0.0115. The van der Waals surface area contributed by atoms with Gasteiger partial charge >= 0.3 is 12.1 Å². The number of pyridine rings is 1. The lowest BCUT2D eigenvalue weighted by Gasteiger charge is -2.42. The zero-order valence-corrected chi connectivity index (χ0v) is 81.5. The largest absolute Gasteiger partial charge is 0.460 e. The van der Waals surface area contributed by atoms with Crippen LogP contribution in [-0.4, -0.2) is 303 Å². The minimum atomic E-state index is -2.49. The number of methoxy groups -OCH3 is 3. The number of nitrogens with two attached hydrogens (primary N) is 2. The van der Waals surface area contributed by atoms with Gasteiger partial charge in [0.1, 0.15) is 65.5 Å².